The third-order valence-corrected chi connectivity index (χ3v) is 30.2. The van der Waals surface area contributed by atoms with Crippen LogP contribution in [0.4, 0.5) is 0 Å². The van der Waals surface area contributed by atoms with Crippen LogP contribution in [-0.4, -0.2) is 29.9 Å². The van der Waals surface area contributed by atoms with Crippen LogP contribution < -0.4 is 0 Å². The van der Waals surface area contributed by atoms with Crippen LogP contribution in [0.5, 0.6) is 0 Å². The summed E-state index contributed by atoms with van der Waals surface area (Å²) in [6.07, 6.45) is 0. The van der Waals surface area contributed by atoms with E-state index in [0.717, 1.165) is 139 Å². The van der Waals surface area contributed by atoms with Crippen molar-refractivity contribution in [3.05, 3.63) is 436 Å². The van der Waals surface area contributed by atoms with Crippen molar-refractivity contribution in [3.63, 3.8) is 0 Å². The minimum absolute atomic E-state index is 0.112. The van der Waals surface area contributed by atoms with E-state index in [1.807, 2.05) is 95.5 Å². The van der Waals surface area contributed by atoms with Gasteiger partial charge < -0.3 is 13.3 Å². The average Bonchev–Trinajstić information content (AvgIpc) is 1.63. The third-order valence-electron chi connectivity index (χ3n) is 26.5. The molecule has 0 amide bonds. The summed E-state index contributed by atoms with van der Waals surface area (Å²) in [7, 11) is 0. The number of hydrogen-bond acceptors (Lipinski definition) is 12. The number of para-hydroxylation sites is 2. The van der Waals surface area contributed by atoms with E-state index in [0.29, 0.717) is 34.2 Å². The van der Waals surface area contributed by atoms with E-state index >= 15 is 0 Å². The van der Waals surface area contributed by atoms with E-state index < -0.39 is 0 Å². The van der Waals surface area contributed by atoms with Gasteiger partial charge >= 0.3 is 0 Å². The minimum Gasteiger partial charge on any atom is -0.452 e. The lowest BCUT2D eigenvalue weighted by molar-refractivity contribution is 0.660. The third kappa shape index (κ3) is 13.6. The molecule has 27 aromatic rings. The van der Waals surface area contributed by atoms with Crippen LogP contribution in [0, 0.1) is 0 Å². The fourth-order valence-electron chi connectivity index (χ4n) is 19.9. The number of hydrogen-bond donors (Lipinski definition) is 0. The maximum Gasteiger partial charge on any atom is 0.180 e. The number of furan rings is 3. The second kappa shape index (κ2) is 32.4. The molecule has 28 rings (SSSR count). The Labute approximate surface area is 787 Å². The molecule has 0 N–H and O–H groups in total. The number of nitrogens with zero attached hydrogens (tertiary/aromatic N) is 6. The highest BCUT2D eigenvalue weighted by atomic mass is 32.1. The minimum atomic E-state index is -0.112. The van der Waals surface area contributed by atoms with Crippen LogP contribution in [0.3, 0.4) is 0 Å². The number of benzene rings is 18. The van der Waals surface area contributed by atoms with Crippen LogP contribution in [0.1, 0.15) is 25.0 Å². The molecule has 0 saturated heterocycles. The zero-order valence-corrected chi connectivity index (χ0v) is 75.5. The molecule has 0 aliphatic heterocycles. The van der Waals surface area contributed by atoms with Crippen LogP contribution in [-0.2, 0) is 5.41 Å². The molecule has 1 aliphatic carbocycles. The molecule has 1 aliphatic rings. The molecule has 0 bridgehead atoms. The molecule has 634 valence electrons. The monoisotopic (exact) mass is 1780 g/mol. The smallest absolute Gasteiger partial charge is 0.180 e. The lowest BCUT2D eigenvalue weighted by Gasteiger charge is -2.21. The van der Waals surface area contributed by atoms with Crippen molar-refractivity contribution in [1.82, 2.24) is 29.9 Å². The van der Waals surface area contributed by atoms with E-state index in [2.05, 4.69) is 366 Å². The molecule has 0 radical (unpaired) electrons. The molecule has 9 nitrogen and oxygen atoms in total. The van der Waals surface area contributed by atoms with E-state index in [1.165, 1.54) is 99.5 Å². The van der Waals surface area contributed by atoms with Crippen molar-refractivity contribution in [2.45, 2.75) is 19.3 Å². The van der Waals surface area contributed by atoms with Gasteiger partial charge in [-0.05, 0) is 145 Å². The summed E-state index contributed by atoms with van der Waals surface area (Å²) in [5.41, 5.74) is 32.0. The topological polar surface area (TPSA) is 117 Å². The quantitative estimate of drug-likeness (QED) is 0.125. The Morgan fingerprint density at radius 2 is 0.541 bits per heavy atom. The molecule has 0 fully saturated rings. The van der Waals surface area contributed by atoms with Crippen molar-refractivity contribution in [1.29, 1.82) is 0 Å². The van der Waals surface area contributed by atoms with Crippen molar-refractivity contribution < 1.29 is 13.3 Å². The number of fused-ring (bicyclic) bond motifs is 21. The SMILES string of the molecule is CC1(C)c2ccccc2-c2ccc(-c3nc(-c4cccc(-c5cccc6c5sc5ccccc56)c4)c4oc5ccccc5c4n3)cc21.c1ccc(-c2cc(-c3ccccc3)c3oc4c(-c5cccc6c5sc5ccccc56)nc(-c5ccccc5)nc4c3c2)cc1.c1ccc(-c2ccc(-c3nc(-c4cccc(-c5cccc6c5sc5ccccc56)c4)c4oc5ccccc5c4n3)cc2)cc1. The van der Waals surface area contributed by atoms with Crippen LogP contribution in [0.25, 0.3) is 261 Å². The molecular weight excluding hydrogens is 1710 g/mol. The summed E-state index contributed by atoms with van der Waals surface area (Å²) in [6.45, 7) is 4.62. The second-order valence-corrected chi connectivity index (χ2v) is 38.1. The van der Waals surface area contributed by atoms with Gasteiger partial charge in [0.2, 0.25) is 0 Å². The Balaban J connectivity index is 0.000000105. The predicted molar refractivity (Wildman–Crippen MR) is 564 cm³/mol. The molecule has 9 heterocycles. The van der Waals surface area contributed by atoms with E-state index in [9.17, 15) is 0 Å². The first-order chi connectivity index (χ1) is 66.7. The summed E-state index contributed by atoms with van der Waals surface area (Å²) in [6, 6.07) is 149. The van der Waals surface area contributed by atoms with E-state index in [-0.39, 0.29) is 5.41 Å². The highest BCUT2D eigenvalue weighted by molar-refractivity contribution is 7.27. The van der Waals surface area contributed by atoms with Crippen molar-refractivity contribution >= 4 is 161 Å². The van der Waals surface area contributed by atoms with Gasteiger partial charge in [-0.1, -0.05) is 366 Å². The Kier molecular flexibility index (Phi) is 19.0. The lowest BCUT2D eigenvalue weighted by Crippen LogP contribution is -2.15. The van der Waals surface area contributed by atoms with Gasteiger partial charge in [0.25, 0.3) is 0 Å². The van der Waals surface area contributed by atoms with Gasteiger partial charge in [0.05, 0.1) is 0 Å². The highest BCUT2D eigenvalue weighted by Crippen LogP contribution is 2.53. The fraction of sp³-hybridized carbons (Fsp3) is 0.0244. The standard InChI is InChI=1S/C43H28N2OS.2C40H24N2OS/c1-43(2)34-18-6-3-13-29(34)30-22-21-27(24-35(30)43)42-44-38(40-39(45-42)33-15-4-7-19-36(33)46-40)26-12-9-11-25(23-26)28-16-10-17-32-31-14-5-8-20-37(31)47-41(28)32;1-4-13-25(14-5-1)28-23-32(26-15-6-2-7-16-26)37-33(24-28)36-38(43-37)35(41-40(42-36)27-17-8-3-9-18-27)31-21-12-20-30-29-19-10-11-22-34(29)44-39(30)31;1-2-10-25(11-3-1)26-20-22-27(23-21-26)40-41-36(38-37(42-40)33-15-4-6-18-34(33)43-38)29-13-8-12-28(24-29)30-16-9-17-32-31-14-5-7-19-35(31)44-39(30)32/h3-24H,1-2H3;2*1-24H. The zero-order chi connectivity index (χ0) is 89.4. The molecule has 0 atom stereocenters. The Bertz CT molecular complexity index is 9420. The van der Waals surface area contributed by atoms with Gasteiger partial charge in [0.1, 0.15) is 50.4 Å². The fourth-order valence-corrected chi connectivity index (χ4v) is 23.6. The summed E-state index contributed by atoms with van der Waals surface area (Å²) >= 11 is 5.49. The Morgan fingerprint density at radius 1 is 0.193 bits per heavy atom. The molecule has 0 unspecified atom stereocenters. The summed E-state index contributed by atoms with van der Waals surface area (Å²) < 4.78 is 27.5. The van der Waals surface area contributed by atoms with Gasteiger partial charge in [0, 0.05) is 121 Å². The second-order valence-electron chi connectivity index (χ2n) is 34.9. The number of rotatable bonds is 11. The van der Waals surface area contributed by atoms with E-state index in [4.69, 9.17) is 43.2 Å². The van der Waals surface area contributed by atoms with Gasteiger partial charge in [-0.15, -0.1) is 34.0 Å². The molecule has 0 spiro atoms. The van der Waals surface area contributed by atoms with Crippen molar-refractivity contribution in [2.75, 3.05) is 0 Å². The first-order valence-electron chi connectivity index (χ1n) is 45.3. The number of aromatic nitrogens is 6. The molecular formula is C123H76N6O3S3. The number of thiophene rings is 3. The Hall–Kier alpha value is -16.7. The van der Waals surface area contributed by atoms with Crippen LogP contribution in [0.15, 0.2) is 438 Å². The highest BCUT2D eigenvalue weighted by Gasteiger charge is 2.36. The molecule has 18 aromatic carbocycles. The van der Waals surface area contributed by atoms with Gasteiger partial charge in [-0.25, -0.2) is 29.9 Å². The normalized spacial score (nSPS) is 12.3. The molecule has 12 heteroatoms. The first kappa shape index (κ1) is 79.2. The predicted octanol–water partition coefficient (Wildman–Crippen LogP) is 34.9. The van der Waals surface area contributed by atoms with Gasteiger partial charge in [-0.2, -0.15) is 0 Å². The summed E-state index contributed by atoms with van der Waals surface area (Å²) in [5.74, 6) is 2.06. The summed E-state index contributed by atoms with van der Waals surface area (Å²) in [4.78, 5) is 31.2. The lowest BCUT2D eigenvalue weighted by atomic mass is 9.82. The van der Waals surface area contributed by atoms with Gasteiger partial charge in [0.15, 0.2) is 34.2 Å². The molecule has 0 saturated carbocycles. The van der Waals surface area contributed by atoms with E-state index in [1.54, 1.807) is 11.3 Å². The zero-order valence-electron chi connectivity index (χ0n) is 73.0. The van der Waals surface area contributed by atoms with Crippen LogP contribution >= 0.6 is 34.0 Å². The van der Waals surface area contributed by atoms with Gasteiger partial charge in [-0.3, -0.25) is 0 Å². The molecule has 135 heavy (non-hydrogen) atoms. The average molecular weight is 1780 g/mol. The van der Waals surface area contributed by atoms with Crippen molar-refractivity contribution in [2.24, 2.45) is 0 Å². The maximum absolute atomic E-state index is 6.91. The summed E-state index contributed by atoms with van der Waals surface area (Å²) in [5, 5.41) is 10.6. The molecule has 9 aromatic heterocycles. The first-order valence-corrected chi connectivity index (χ1v) is 47.8. The Morgan fingerprint density at radius 3 is 1.07 bits per heavy atom. The van der Waals surface area contributed by atoms with Crippen molar-refractivity contribution in [3.8, 4) is 135 Å². The largest absolute Gasteiger partial charge is 0.452 e. The van der Waals surface area contributed by atoms with Crippen LogP contribution in [0.2, 0.25) is 0 Å². The maximum atomic E-state index is 6.91.